The number of ether oxygens (including phenoxy) is 1. The van der Waals surface area contributed by atoms with Crippen LogP contribution in [0.2, 0.25) is 0 Å². The fourth-order valence-electron chi connectivity index (χ4n) is 1.72. The SMILES string of the molecule is CCN=C/C(CC)=C(\N)c1cc(F)cc(C(=O)OC)c1. The molecule has 4 nitrogen and oxygen atoms in total. The molecule has 0 heterocycles. The van der Waals surface area contributed by atoms with E-state index in [1.54, 1.807) is 6.21 Å². The second-order valence-electron chi connectivity index (χ2n) is 4.14. The summed E-state index contributed by atoms with van der Waals surface area (Å²) in [7, 11) is 1.25. The Kier molecular flexibility index (Phi) is 5.90. The number of esters is 1. The van der Waals surface area contributed by atoms with Crippen molar-refractivity contribution in [3.63, 3.8) is 0 Å². The van der Waals surface area contributed by atoms with Gasteiger partial charge in [-0.1, -0.05) is 6.92 Å². The summed E-state index contributed by atoms with van der Waals surface area (Å²) in [4.78, 5) is 15.6. The molecule has 2 N–H and O–H groups in total. The van der Waals surface area contributed by atoms with E-state index in [2.05, 4.69) is 9.73 Å². The Hall–Kier alpha value is -2.17. The minimum Gasteiger partial charge on any atom is -0.465 e. The van der Waals surface area contributed by atoms with E-state index in [1.807, 2.05) is 13.8 Å². The number of aliphatic imine (C=N–C) groups is 1. The summed E-state index contributed by atoms with van der Waals surface area (Å²) in [5, 5.41) is 0. The molecule has 5 heteroatoms. The Morgan fingerprint density at radius 3 is 2.55 bits per heavy atom. The predicted molar refractivity (Wildman–Crippen MR) is 78.2 cm³/mol. The third kappa shape index (κ3) is 3.91. The van der Waals surface area contributed by atoms with Gasteiger partial charge in [0.15, 0.2) is 0 Å². The zero-order chi connectivity index (χ0) is 15.1. The van der Waals surface area contributed by atoms with Gasteiger partial charge >= 0.3 is 5.97 Å². The molecule has 1 aromatic rings. The number of halogens is 1. The van der Waals surface area contributed by atoms with E-state index >= 15 is 0 Å². The summed E-state index contributed by atoms with van der Waals surface area (Å²) < 4.78 is 18.2. The van der Waals surface area contributed by atoms with Crippen molar-refractivity contribution in [2.75, 3.05) is 13.7 Å². The molecule has 0 saturated heterocycles. The van der Waals surface area contributed by atoms with Crippen molar-refractivity contribution >= 4 is 17.9 Å². The van der Waals surface area contributed by atoms with Crippen LogP contribution in [0, 0.1) is 5.82 Å². The van der Waals surface area contributed by atoms with Gasteiger partial charge in [-0.15, -0.1) is 0 Å². The van der Waals surface area contributed by atoms with E-state index in [-0.39, 0.29) is 5.56 Å². The highest BCUT2D eigenvalue weighted by Gasteiger charge is 2.11. The third-order valence-corrected chi connectivity index (χ3v) is 2.79. The molecule has 0 amide bonds. The predicted octanol–water partition coefficient (Wildman–Crippen LogP) is 2.78. The van der Waals surface area contributed by atoms with Gasteiger partial charge in [0, 0.05) is 24.0 Å². The molecule has 0 spiro atoms. The molecule has 0 aromatic heterocycles. The molecule has 0 unspecified atom stereocenters. The Morgan fingerprint density at radius 2 is 2.00 bits per heavy atom. The normalized spacial score (nSPS) is 12.4. The van der Waals surface area contributed by atoms with Crippen LogP contribution < -0.4 is 5.73 Å². The van der Waals surface area contributed by atoms with Crippen molar-refractivity contribution in [2.24, 2.45) is 10.7 Å². The Labute approximate surface area is 118 Å². The molecule has 0 saturated carbocycles. The van der Waals surface area contributed by atoms with E-state index in [1.165, 1.54) is 19.2 Å². The molecule has 1 rings (SSSR count). The molecule has 20 heavy (non-hydrogen) atoms. The van der Waals surface area contributed by atoms with Gasteiger partial charge in [-0.3, -0.25) is 4.99 Å². The summed E-state index contributed by atoms with van der Waals surface area (Å²) in [5.41, 5.74) is 7.83. The lowest BCUT2D eigenvalue weighted by atomic mass is 10.0. The van der Waals surface area contributed by atoms with Crippen LogP contribution in [0.4, 0.5) is 4.39 Å². The first kappa shape index (κ1) is 15.9. The van der Waals surface area contributed by atoms with E-state index < -0.39 is 11.8 Å². The minimum atomic E-state index is -0.598. The molecule has 0 bridgehead atoms. The number of carbonyl (C=O) groups is 1. The van der Waals surface area contributed by atoms with Gasteiger partial charge < -0.3 is 10.5 Å². The number of benzene rings is 1. The zero-order valence-electron chi connectivity index (χ0n) is 11.9. The van der Waals surface area contributed by atoms with Crippen molar-refractivity contribution in [1.82, 2.24) is 0 Å². The average Bonchev–Trinajstić information content (AvgIpc) is 2.46. The first-order valence-corrected chi connectivity index (χ1v) is 6.41. The van der Waals surface area contributed by atoms with E-state index in [4.69, 9.17) is 5.73 Å². The number of rotatable bonds is 5. The van der Waals surface area contributed by atoms with Crippen LogP contribution in [0.25, 0.3) is 5.70 Å². The van der Waals surface area contributed by atoms with Crippen molar-refractivity contribution < 1.29 is 13.9 Å². The maximum Gasteiger partial charge on any atom is 0.337 e. The lowest BCUT2D eigenvalue weighted by Crippen LogP contribution is -2.07. The topological polar surface area (TPSA) is 64.7 Å². The quantitative estimate of drug-likeness (QED) is 0.665. The summed E-state index contributed by atoms with van der Waals surface area (Å²) in [6, 6.07) is 3.92. The fraction of sp³-hybridized carbons (Fsp3) is 0.333. The molecular formula is C15H19FN2O2. The highest BCUT2D eigenvalue weighted by Crippen LogP contribution is 2.19. The first-order valence-electron chi connectivity index (χ1n) is 6.41. The summed E-state index contributed by atoms with van der Waals surface area (Å²) in [5.74, 6) is -1.13. The number of hydrogen-bond acceptors (Lipinski definition) is 4. The summed E-state index contributed by atoms with van der Waals surface area (Å²) in [6.45, 7) is 4.50. The number of nitrogens with zero attached hydrogens (tertiary/aromatic N) is 1. The average molecular weight is 278 g/mol. The van der Waals surface area contributed by atoms with Crippen molar-refractivity contribution in [1.29, 1.82) is 0 Å². The monoisotopic (exact) mass is 278 g/mol. The third-order valence-electron chi connectivity index (χ3n) is 2.79. The van der Waals surface area contributed by atoms with Gasteiger partial charge in [-0.05, 0) is 37.1 Å². The lowest BCUT2D eigenvalue weighted by molar-refractivity contribution is 0.0600. The molecule has 0 atom stereocenters. The lowest BCUT2D eigenvalue weighted by Gasteiger charge is -2.09. The Bertz CT molecular complexity index is 551. The van der Waals surface area contributed by atoms with Crippen LogP contribution in [-0.2, 0) is 4.74 Å². The molecule has 0 radical (unpaired) electrons. The Balaban J connectivity index is 3.30. The van der Waals surface area contributed by atoms with Crippen molar-refractivity contribution in [2.45, 2.75) is 20.3 Å². The first-order chi connectivity index (χ1) is 9.53. The van der Waals surface area contributed by atoms with Gasteiger partial charge in [0.1, 0.15) is 5.82 Å². The van der Waals surface area contributed by atoms with E-state index in [0.717, 1.165) is 11.6 Å². The molecular weight excluding hydrogens is 259 g/mol. The van der Waals surface area contributed by atoms with Gasteiger partial charge in [-0.2, -0.15) is 0 Å². The van der Waals surface area contributed by atoms with Gasteiger partial charge in [0.25, 0.3) is 0 Å². The van der Waals surface area contributed by atoms with Crippen LogP contribution in [-0.4, -0.2) is 25.8 Å². The van der Waals surface area contributed by atoms with Crippen LogP contribution in [0.5, 0.6) is 0 Å². The van der Waals surface area contributed by atoms with Crippen LogP contribution in [0.3, 0.4) is 0 Å². The van der Waals surface area contributed by atoms with E-state index in [9.17, 15) is 9.18 Å². The highest BCUT2D eigenvalue weighted by molar-refractivity contribution is 5.93. The number of carbonyl (C=O) groups excluding carboxylic acids is 1. The van der Waals surface area contributed by atoms with Gasteiger partial charge in [-0.25, -0.2) is 9.18 Å². The fourth-order valence-corrected chi connectivity index (χ4v) is 1.72. The number of nitrogens with two attached hydrogens (primary N) is 1. The number of methoxy groups -OCH3 is 1. The molecule has 108 valence electrons. The smallest absolute Gasteiger partial charge is 0.337 e. The van der Waals surface area contributed by atoms with Gasteiger partial charge in [0.2, 0.25) is 0 Å². The molecule has 0 aliphatic carbocycles. The van der Waals surface area contributed by atoms with Crippen LogP contribution >= 0.6 is 0 Å². The molecule has 0 aliphatic rings. The maximum absolute atomic E-state index is 13.6. The van der Waals surface area contributed by atoms with Crippen molar-refractivity contribution in [3.05, 3.63) is 40.7 Å². The zero-order valence-corrected chi connectivity index (χ0v) is 11.9. The maximum atomic E-state index is 13.6. The van der Waals surface area contributed by atoms with Crippen LogP contribution in [0.15, 0.2) is 28.8 Å². The minimum absolute atomic E-state index is 0.133. The Morgan fingerprint density at radius 1 is 1.35 bits per heavy atom. The molecule has 1 aromatic carbocycles. The summed E-state index contributed by atoms with van der Waals surface area (Å²) in [6.07, 6.45) is 2.34. The number of hydrogen-bond donors (Lipinski definition) is 1. The molecule has 0 fully saturated rings. The van der Waals surface area contributed by atoms with E-state index in [0.29, 0.717) is 24.2 Å². The number of allylic oxidation sites excluding steroid dienone is 1. The highest BCUT2D eigenvalue weighted by atomic mass is 19.1. The second-order valence-corrected chi connectivity index (χ2v) is 4.14. The summed E-state index contributed by atoms with van der Waals surface area (Å²) >= 11 is 0. The molecule has 0 aliphatic heterocycles. The van der Waals surface area contributed by atoms with Crippen LogP contribution in [0.1, 0.15) is 36.2 Å². The second kappa shape index (κ2) is 7.43. The largest absolute Gasteiger partial charge is 0.465 e. The standard InChI is InChI=1S/C15H19FN2O2/c1-4-10(9-18-5-2)14(17)11-6-12(15(19)20-3)8-13(16)7-11/h6-9H,4-5,17H2,1-3H3/b14-10-,18-9?. The van der Waals surface area contributed by atoms with Gasteiger partial charge in [0.05, 0.1) is 12.7 Å². The van der Waals surface area contributed by atoms with Crippen molar-refractivity contribution in [3.8, 4) is 0 Å².